The van der Waals surface area contributed by atoms with E-state index >= 15 is 0 Å². The molecule has 0 aliphatic heterocycles. The minimum absolute atomic E-state index is 0.108. The molecule has 0 aromatic heterocycles. The van der Waals surface area contributed by atoms with Gasteiger partial charge in [0.15, 0.2) is 12.2 Å². The highest BCUT2D eigenvalue weighted by Gasteiger charge is 2.31. The number of aliphatic hydroxyl groups is 1. The molecule has 5 atom stereocenters. The summed E-state index contributed by atoms with van der Waals surface area (Å²) in [5.74, 6) is -0.570. The van der Waals surface area contributed by atoms with Gasteiger partial charge in [0.2, 0.25) is 0 Å². The van der Waals surface area contributed by atoms with Crippen LogP contribution in [0, 0.1) is 11.8 Å². The highest BCUT2D eigenvalue weighted by atomic mass is 31.2. The van der Waals surface area contributed by atoms with Crippen molar-refractivity contribution in [3.63, 3.8) is 0 Å². The third-order valence-corrected chi connectivity index (χ3v) is 24.1. The number of carbonyl (C=O) groups excluding carboxylic acids is 4. The van der Waals surface area contributed by atoms with Crippen LogP contribution in [0.25, 0.3) is 0 Å². The summed E-state index contributed by atoms with van der Waals surface area (Å²) >= 11 is 0. The summed E-state index contributed by atoms with van der Waals surface area (Å²) in [7, 11) is -9.94. The largest absolute Gasteiger partial charge is 0.472 e. The van der Waals surface area contributed by atoms with Crippen LogP contribution >= 0.6 is 15.6 Å². The van der Waals surface area contributed by atoms with Gasteiger partial charge in [0, 0.05) is 25.7 Å². The molecule has 0 rings (SSSR count). The predicted octanol–water partition coefficient (Wildman–Crippen LogP) is 29.4. The van der Waals surface area contributed by atoms with Crippen molar-refractivity contribution in [3.8, 4) is 0 Å². The molecule has 0 fully saturated rings. The third kappa shape index (κ3) is 87.7. The lowest BCUT2D eigenvalue weighted by atomic mass is 10.0. The highest BCUT2D eigenvalue weighted by molar-refractivity contribution is 7.47. The number of phosphoric acid groups is 2. The molecule has 0 aliphatic rings. The van der Waals surface area contributed by atoms with E-state index in [2.05, 4.69) is 41.5 Å². The lowest BCUT2D eigenvalue weighted by molar-refractivity contribution is -0.161. The summed E-state index contributed by atoms with van der Waals surface area (Å²) in [5, 5.41) is 10.7. The number of phosphoric ester groups is 2. The van der Waals surface area contributed by atoms with Crippen LogP contribution < -0.4 is 0 Å². The highest BCUT2D eigenvalue weighted by Crippen LogP contribution is 2.45. The summed E-state index contributed by atoms with van der Waals surface area (Å²) < 4.78 is 69.1. The Bertz CT molecular complexity index is 2150. The van der Waals surface area contributed by atoms with E-state index in [9.17, 15) is 43.2 Å². The molecule has 2 unspecified atom stereocenters. The topological polar surface area (TPSA) is 237 Å². The molecular weight excluding hydrogens is 1460 g/mol. The Balaban J connectivity index is 5.20. The predicted molar refractivity (Wildman–Crippen MR) is 469 cm³/mol. The Morgan fingerprint density at radius 3 is 0.602 bits per heavy atom. The summed E-state index contributed by atoms with van der Waals surface area (Å²) in [6, 6.07) is 0. The number of rotatable bonds is 93. The van der Waals surface area contributed by atoms with Crippen LogP contribution in [0.1, 0.15) is 510 Å². The Hall–Kier alpha value is -1.94. The lowest BCUT2D eigenvalue weighted by Gasteiger charge is -2.21. The Labute approximate surface area is 696 Å². The average molecular weight is 1650 g/mol. The van der Waals surface area contributed by atoms with E-state index in [-0.39, 0.29) is 25.7 Å². The van der Waals surface area contributed by atoms with E-state index in [0.717, 1.165) is 102 Å². The first kappa shape index (κ1) is 111. The van der Waals surface area contributed by atoms with Crippen molar-refractivity contribution in [2.24, 2.45) is 11.8 Å². The fraction of sp³-hybridized carbons (Fsp3) is 0.957. The molecule has 0 saturated carbocycles. The number of aliphatic hydroxyl groups excluding tert-OH is 1. The maximum absolute atomic E-state index is 13.2. The summed E-state index contributed by atoms with van der Waals surface area (Å²) in [5.41, 5.74) is 0. The van der Waals surface area contributed by atoms with Gasteiger partial charge in [-0.05, 0) is 37.5 Å². The van der Waals surface area contributed by atoms with Gasteiger partial charge < -0.3 is 33.8 Å². The first-order valence-corrected chi connectivity index (χ1v) is 51.5. The molecule has 0 amide bonds. The Morgan fingerprint density at radius 2 is 0.407 bits per heavy atom. The van der Waals surface area contributed by atoms with Crippen LogP contribution in [0.4, 0.5) is 0 Å². The van der Waals surface area contributed by atoms with Crippen molar-refractivity contribution < 1.29 is 80.2 Å². The maximum atomic E-state index is 13.2. The molecule has 0 bridgehead atoms. The molecule has 0 heterocycles. The first-order chi connectivity index (χ1) is 54.9. The normalized spacial score (nSPS) is 13.7. The molecule has 672 valence electrons. The number of carbonyl (C=O) groups is 4. The van der Waals surface area contributed by atoms with Crippen molar-refractivity contribution >= 4 is 39.5 Å². The minimum Gasteiger partial charge on any atom is -0.462 e. The third-order valence-electron chi connectivity index (χ3n) is 22.2. The van der Waals surface area contributed by atoms with Gasteiger partial charge in [0.1, 0.15) is 19.3 Å². The van der Waals surface area contributed by atoms with Gasteiger partial charge in [0.25, 0.3) is 0 Å². The molecule has 0 aliphatic carbocycles. The van der Waals surface area contributed by atoms with Gasteiger partial charge >= 0.3 is 39.5 Å². The minimum atomic E-state index is -4.97. The standard InChI is InChI=1S/C94H184O17P2/c1-7-9-11-13-15-17-19-21-23-25-27-29-31-36-40-44-48-52-58-64-70-76-91(96)104-82-89(110-93(98)78-72-67-60-54-50-46-42-38-34-33-35-39-43-47-51-56-62-68-74-86(3)4)84-108-112(100,101)106-80-88(95)81-107-113(102,103)109-85-90(83-105-92(97)77-71-65-61-55-57-63-69-75-87(5)6)111-94(99)79-73-66-59-53-49-45-41-37-32-30-28-26-24-22-20-18-16-14-12-10-8-2/h86-90,95H,7-85H2,1-6H3,(H,100,101)(H,102,103)/t88-,89-,90-/m1/s1. The number of esters is 4. The van der Waals surface area contributed by atoms with Gasteiger partial charge in [-0.25, -0.2) is 9.13 Å². The fourth-order valence-electron chi connectivity index (χ4n) is 14.8. The molecule has 0 aromatic carbocycles. The molecule has 17 nitrogen and oxygen atoms in total. The van der Waals surface area contributed by atoms with E-state index in [1.54, 1.807) is 0 Å². The first-order valence-electron chi connectivity index (χ1n) is 48.5. The molecule has 3 N–H and O–H groups in total. The van der Waals surface area contributed by atoms with Crippen molar-refractivity contribution in [1.29, 1.82) is 0 Å². The maximum Gasteiger partial charge on any atom is 0.472 e. The van der Waals surface area contributed by atoms with Crippen LogP contribution in [0.2, 0.25) is 0 Å². The number of ether oxygens (including phenoxy) is 4. The van der Waals surface area contributed by atoms with Crippen molar-refractivity contribution in [3.05, 3.63) is 0 Å². The quantitative estimate of drug-likeness (QED) is 0.0222. The second-order valence-electron chi connectivity index (χ2n) is 34.7. The van der Waals surface area contributed by atoms with Crippen LogP contribution in [0.15, 0.2) is 0 Å². The van der Waals surface area contributed by atoms with E-state index in [1.165, 1.54) is 321 Å². The number of hydrogen-bond acceptors (Lipinski definition) is 15. The molecule has 0 aromatic rings. The number of unbranched alkanes of at least 4 members (excludes halogenated alkanes) is 63. The van der Waals surface area contributed by atoms with Crippen LogP contribution in [-0.4, -0.2) is 96.7 Å². The summed E-state index contributed by atoms with van der Waals surface area (Å²) in [4.78, 5) is 73.5. The van der Waals surface area contributed by atoms with Gasteiger partial charge in [-0.1, -0.05) is 459 Å². The van der Waals surface area contributed by atoms with E-state index in [1.807, 2.05) is 0 Å². The molecule has 113 heavy (non-hydrogen) atoms. The second kappa shape index (κ2) is 85.1. The smallest absolute Gasteiger partial charge is 0.462 e. The molecule has 0 spiro atoms. The van der Waals surface area contributed by atoms with Crippen molar-refractivity contribution in [1.82, 2.24) is 0 Å². The zero-order valence-corrected chi connectivity index (χ0v) is 76.5. The molecule has 0 radical (unpaired) electrons. The van der Waals surface area contributed by atoms with Crippen LogP contribution in [-0.2, 0) is 65.4 Å². The van der Waals surface area contributed by atoms with Crippen LogP contribution in [0.3, 0.4) is 0 Å². The second-order valence-corrected chi connectivity index (χ2v) is 37.6. The average Bonchev–Trinajstić information content (AvgIpc) is 0.897. The van der Waals surface area contributed by atoms with E-state index in [4.69, 9.17) is 37.0 Å². The molecule has 0 saturated heterocycles. The zero-order valence-electron chi connectivity index (χ0n) is 74.7. The Kier molecular flexibility index (Phi) is 83.6. The van der Waals surface area contributed by atoms with E-state index in [0.29, 0.717) is 31.6 Å². The summed E-state index contributed by atoms with van der Waals surface area (Å²) in [6.45, 7) is 9.70. The van der Waals surface area contributed by atoms with Gasteiger partial charge in [-0.3, -0.25) is 37.3 Å². The SMILES string of the molecule is CCCCCCCCCCCCCCCCCCCCCCCC(=O)OC[C@H](COP(=O)(O)OC[C@@H](O)COP(=O)(O)OC[C@@H](COC(=O)CCCCCCCCCC(C)C)OC(=O)CCCCCCCCCCCCCCCCCCCCCCC)OC(=O)CCCCCCCCCCCCCCCCCCCCC(C)C. The monoisotopic (exact) mass is 1650 g/mol. The zero-order chi connectivity index (χ0) is 82.7. The lowest BCUT2D eigenvalue weighted by Crippen LogP contribution is -2.30. The van der Waals surface area contributed by atoms with Crippen molar-refractivity contribution in [2.45, 2.75) is 529 Å². The van der Waals surface area contributed by atoms with Crippen molar-refractivity contribution in [2.75, 3.05) is 39.6 Å². The van der Waals surface area contributed by atoms with Gasteiger partial charge in [-0.2, -0.15) is 0 Å². The van der Waals surface area contributed by atoms with Gasteiger partial charge in [0.05, 0.1) is 26.4 Å². The summed E-state index contributed by atoms with van der Waals surface area (Å²) in [6.07, 6.45) is 81.0. The van der Waals surface area contributed by atoms with Gasteiger partial charge in [-0.15, -0.1) is 0 Å². The molecule has 19 heteroatoms. The molecular formula is C94H184O17P2. The van der Waals surface area contributed by atoms with E-state index < -0.39 is 97.5 Å². The Morgan fingerprint density at radius 1 is 0.239 bits per heavy atom. The van der Waals surface area contributed by atoms with Crippen LogP contribution in [0.5, 0.6) is 0 Å². The number of hydrogen-bond donors (Lipinski definition) is 3. The fourth-order valence-corrected chi connectivity index (χ4v) is 16.4.